The molecule has 0 aliphatic carbocycles. The number of ether oxygens (including phenoxy) is 1. The third-order valence-corrected chi connectivity index (χ3v) is 3.18. The third kappa shape index (κ3) is 2.72. The van der Waals surface area contributed by atoms with Gasteiger partial charge >= 0.3 is 5.97 Å². The summed E-state index contributed by atoms with van der Waals surface area (Å²) < 4.78 is 5.67. The highest BCUT2D eigenvalue weighted by Gasteiger charge is 2.33. The predicted molar refractivity (Wildman–Crippen MR) is 71.1 cm³/mol. The lowest BCUT2D eigenvalue weighted by atomic mass is 10.2. The van der Waals surface area contributed by atoms with Crippen molar-refractivity contribution in [3.8, 4) is 0 Å². The minimum atomic E-state index is -0.307. The first kappa shape index (κ1) is 13.1. The third-order valence-electron chi connectivity index (χ3n) is 2.77. The van der Waals surface area contributed by atoms with Crippen LogP contribution >= 0.6 is 15.9 Å². The number of hydrogen-bond acceptors (Lipinski definition) is 6. The Kier molecular flexibility index (Phi) is 4.00. The van der Waals surface area contributed by atoms with Gasteiger partial charge in [-0.1, -0.05) is 0 Å². The number of nitrogens with two attached hydrogens (primary N) is 1. The molecule has 0 radical (unpaired) electrons. The average molecular weight is 315 g/mol. The van der Waals surface area contributed by atoms with Crippen LogP contribution in [-0.2, 0) is 9.53 Å². The molecule has 0 aromatic carbocycles. The van der Waals surface area contributed by atoms with Gasteiger partial charge in [0.05, 0.1) is 6.61 Å². The van der Waals surface area contributed by atoms with Gasteiger partial charge in [0.2, 0.25) is 5.95 Å². The molecule has 1 atom stereocenters. The van der Waals surface area contributed by atoms with Gasteiger partial charge in [-0.3, -0.25) is 0 Å². The Morgan fingerprint density at radius 2 is 2.44 bits per heavy atom. The van der Waals surface area contributed by atoms with E-state index in [1.54, 1.807) is 13.0 Å². The molecule has 0 amide bonds. The smallest absolute Gasteiger partial charge is 0.328 e. The average Bonchev–Trinajstić information content (AvgIpc) is 2.76. The summed E-state index contributed by atoms with van der Waals surface area (Å²) in [6, 6.07) is 1.32. The first-order valence-corrected chi connectivity index (χ1v) is 6.64. The second-order valence-electron chi connectivity index (χ2n) is 4.02. The van der Waals surface area contributed by atoms with Crippen LogP contribution in [-0.4, -0.2) is 35.1 Å². The fourth-order valence-electron chi connectivity index (χ4n) is 2.04. The number of nitrogens with zero attached hydrogens (tertiary/aromatic N) is 3. The van der Waals surface area contributed by atoms with Gasteiger partial charge < -0.3 is 15.4 Å². The molecule has 18 heavy (non-hydrogen) atoms. The summed E-state index contributed by atoms with van der Waals surface area (Å²) in [6.45, 7) is 2.91. The molecule has 1 unspecified atom stereocenters. The summed E-state index contributed by atoms with van der Waals surface area (Å²) in [5, 5.41) is 0. The first-order chi connectivity index (χ1) is 8.61. The zero-order valence-corrected chi connectivity index (χ0v) is 11.7. The number of nitrogen functional groups attached to an aromatic ring is 1. The second-order valence-corrected chi connectivity index (χ2v) is 4.83. The van der Waals surface area contributed by atoms with Crippen molar-refractivity contribution < 1.29 is 9.53 Å². The molecular formula is C11H15BrN4O2. The number of halogens is 1. The van der Waals surface area contributed by atoms with E-state index in [0.717, 1.165) is 19.4 Å². The van der Waals surface area contributed by atoms with Crippen molar-refractivity contribution in [1.82, 2.24) is 9.97 Å². The van der Waals surface area contributed by atoms with Crippen molar-refractivity contribution in [3.05, 3.63) is 10.7 Å². The number of aromatic nitrogens is 2. The fraction of sp³-hybridized carbons (Fsp3) is 0.545. The first-order valence-electron chi connectivity index (χ1n) is 5.85. The molecule has 0 bridgehead atoms. The van der Waals surface area contributed by atoms with Crippen molar-refractivity contribution in [2.24, 2.45) is 0 Å². The van der Waals surface area contributed by atoms with Crippen molar-refractivity contribution in [2.75, 3.05) is 23.8 Å². The molecule has 1 aliphatic rings. The van der Waals surface area contributed by atoms with E-state index in [4.69, 9.17) is 10.5 Å². The highest BCUT2D eigenvalue weighted by atomic mass is 79.9. The summed E-state index contributed by atoms with van der Waals surface area (Å²) in [4.78, 5) is 22.1. The predicted octanol–water partition coefficient (Wildman–Crippen LogP) is 1.35. The molecule has 1 aromatic rings. The normalized spacial score (nSPS) is 19.0. The molecule has 0 spiro atoms. The summed E-state index contributed by atoms with van der Waals surface area (Å²) in [6.07, 6.45) is 1.67. The van der Waals surface area contributed by atoms with Crippen LogP contribution < -0.4 is 10.6 Å². The van der Waals surface area contributed by atoms with E-state index < -0.39 is 0 Å². The summed E-state index contributed by atoms with van der Waals surface area (Å²) in [7, 11) is 0. The van der Waals surface area contributed by atoms with Crippen molar-refractivity contribution in [1.29, 1.82) is 0 Å². The Bertz CT molecular complexity index is 434. The molecule has 0 saturated carbocycles. The van der Waals surface area contributed by atoms with Crippen LogP contribution in [0.1, 0.15) is 19.8 Å². The van der Waals surface area contributed by atoms with Crippen LogP contribution in [0.15, 0.2) is 10.7 Å². The molecule has 2 heterocycles. The lowest BCUT2D eigenvalue weighted by Crippen LogP contribution is -2.38. The zero-order valence-electron chi connectivity index (χ0n) is 10.1. The van der Waals surface area contributed by atoms with Crippen LogP contribution in [0.2, 0.25) is 0 Å². The molecule has 1 aromatic heterocycles. The van der Waals surface area contributed by atoms with Gasteiger partial charge in [0.15, 0.2) is 0 Å². The number of carbonyl (C=O) groups is 1. The van der Waals surface area contributed by atoms with Crippen LogP contribution in [0.5, 0.6) is 0 Å². The minimum Gasteiger partial charge on any atom is -0.464 e. The Morgan fingerprint density at radius 3 is 3.11 bits per heavy atom. The number of hydrogen-bond donors (Lipinski definition) is 1. The van der Waals surface area contributed by atoms with Crippen molar-refractivity contribution >= 4 is 33.7 Å². The van der Waals surface area contributed by atoms with E-state index in [2.05, 4.69) is 25.9 Å². The molecule has 1 aliphatic heterocycles. The number of rotatable bonds is 3. The summed E-state index contributed by atoms with van der Waals surface area (Å²) in [5.41, 5.74) is 5.68. The topological polar surface area (TPSA) is 81.3 Å². The van der Waals surface area contributed by atoms with E-state index in [9.17, 15) is 4.79 Å². The number of carbonyl (C=O) groups excluding carboxylic acids is 1. The monoisotopic (exact) mass is 314 g/mol. The van der Waals surface area contributed by atoms with Gasteiger partial charge in [-0.15, -0.1) is 0 Å². The standard InChI is InChI=1S/C11H15BrN4O2/c1-2-18-10(17)7-4-3-5-16(7)11-14-8(12)6-9(13)15-11/h6-7H,2-5H2,1H3,(H2,13,14,15). The van der Waals surface area contributed by atoms with Crippen LogP contribution in [0, 0.1) is 0 Å². The zero-order chi connectivity index (χ0) is 13.1. The number of anilines is 2. The Balaban J connectivity index is 2.23. The SMILES string of the molecule is CCOC(=O)C1CCCN1c1nc(N)cc(Br)n1. The fourth-order valence-corrected chi connectivity index (χ4v) is 2.43. The van der Waals surface area contributed by atoms with Gasteiger partial charge in [-0.25, -0.2) is 9.78 Å². The summed E-state index contributed by atoms with van der Waals surface area (Å²) >= 11 is 3.27. The maximum atomic E-state index is 11.8. The lowest BCUT2D eigenvalue weighted by Gasteiger charge is -2.23. The van der Waals surface area contributed by atoms with Crippen molar-refractivity contribution in [2.45, 2.75) is 25.8 Å². The van der Waals surface area contributed by atoms with Gasteiger partial charge in [0.1, 0.15) is 16.5 Å². The van der Waals surface area contributed by atoms with Gasteiger partial charge in [0.25, 0.3) is 0 Å². The van der Waals surface area contributed by atoms with E-state index in [1.165, 1.54) is 0 Å². The van der Waals surface area contributed by atoms with Crippen LogP contribution in [0.25, 0.3) is 0 Å². The molecule has 1 fully saturated rings. The summed E-state index contributed by atoms with van der Waals surface area (Å²) in [5.74, 6) is 0.621. The lowest BCUT2D eigenvalue weighted by molar-refractivity contribution is -0.144. The minimum absolute atomic E-state index is 0.225. The van der Waals surface area contributed by atoms with Gasteiger partial charge in [-0.05, 0) is 35.7 Å². The number of esters is 1. The van der Waals surface area contributed by atoms with E-state index in [-0.39, 0.29) is 12.0 Å². The molecule has 7 heteroatoms. The van der Waals surface area contributed by atoms with E-state index in [0.29, 0.717) is 23.0 Å². The Labute approximate surface area is 114 Å². The molecule has 2 N–H and O–H groups in total. The Morgan fingerprint density at radius 1 is 1.67 bits per heavy atom. The van der Waals surface area contributed by atoms with Gasteiger partial charge in [0, 0.05) is 12.6 Å². The highest BCUT2D eigenvalue weighted by molar-refractivity contribution is 9.10. The quantitative estimate of drug-likeness (QED) is 0.670. The van der Waals surface area contributed by atoms with Crippen molar-refractivity contribution in [3.63, 3.8) is 0 Å². The maximum absolute atomic E-state index is 11.8. The van der Waals surface area contributed by atoms with Crippen LogP contribution in [0.4, 0.5) is 11.8 Å². The molecule has 6 nitrogen and oxygen atoms in total. The van der Waals surface area contributed by atoms with E-state index >= 15 is 0 Å². The largest absolute Gasteiger partial charge is 0.464 e. The molecule has 98 valence electrons. The van der Waals surface area contributed by atoms with E-state index in [1.807, 2.05) is 4.90 Å². The molecule has 1 saturated heterocycles. The maximum Gasteiger partial charge on any atom is 0.328 e. The van der Waals surface area contributed by atoms with Crippen LogP contribution in [0.3, 0.4) is 0 Å². The Hall–Kier alpha value is -1.37. The molecule has 2 rings (SSSR count). The van der Waals surface area contributed by atoms with Gasteiger partial charge in [-0.2, -0.15) is 4.98 Å². The highest BCUT2D eigenvalue weighted by Crippen LogP contribution is 2.25. The second kappa shape index (κ2) is 5.51. The molecular weight excluding hydrogens is 300 g/mol.